The minimum absolute atomic E-state index is 0.150. The molecule has 3 rings (SSSR count). The summed E-state index contributed by atoms with van der Waals surface area (Å²) in [5, 5.41) is 10.5. The molecule has 0 saturated heterocycles. The summed E-state index contributed by atoms with van der Waals surface area (Å²) < 4.78 is 2.38. The van der Waals surface area contributed by atoms with Crippen LogP contribution in [0, 0.1) is 6.92 Å². The molecule has 0 unspecified atom stereocenters. The second-order valence-corrected chi connectivity index (χ2v) is 7.16. The van der Waals surface area contributed by atoms with E-state index in [1.165, 1.54) is 6.21 Å². The van der Waals surface area contributed by atoms with Crippen LogP contribution >= 0.6 is 31.9 Å². The molecule has 0 aliphatic rings. The number of benzene rings is 1. The highest BCUT2D eigenvalue weighted by atomic mass is 79.9. The van der Waals surface area contributed by atoms with Gasteiger partial charge in [0.25, 0.3) is 5.56 Å². The van der Waals surface area contributed by atoms with Crippen LogP contribution in [0.15, 0.2) is 60.1 Å². The van der Waals surface area contributed by atoms with Gasteiger partial charge in [0.1, 0.15) is 5.56 Å². The lowest BCUT2D eigenvalue weighted by molar-refractivity contribution is 0.430. The first-order valence-electron chi connectivity index (χ1n) is 7.37. The van der Waals surface area contributed by atoms with Gasteiger partial charge >= 0.3 is 5.69 Å². The summed E-state index contributed by atoms with van der Waals surface area (Å²) in [5.41, 5.74) is -0.297. The first kappa shape index (κ1) is 18.3. The summed E-state index contributed by atoms with van der Waals surface area (Å²) in [7, 11) is 0. The lowest BCUT2D eigenvalue weighted by Crippen LogP contribution is -2.31. The van der Waals surface area contributed by atoms with Crippen molar-refractivity contribution >= 4 is 43.9 Å². The quantitative estimate of drug-likeness (QED) is 0.563. The molecule has 1 aromatic carbocycles. The molecule has 0 bridgehead atoms. The molecule has 0 atom stereocenters. The fourth-order valence-electron chi connectivity index (χ4n) is 2.29. The number of nitrogens with one attached hydrogen (secondary N) is 1. The maximum atomic E-state index is 12.2. The molecule has 7 nitrogen and oxygen atoms in total. The van der Waals surface area contributed by atoms with Gasteiger partial charge in [0.05, 0.1) is 10.2 Å². The van der Waals surface area contributed by atoms with Crippen molar-refractivity contribution in [2.24, 2.45) is 4.99 Å². The van der Waals surface area contributed by atoms with E-state index < -0.39 is 17.1 Å². The average Bonchev–Trinajstić information content (AvgIpc) is 2.56. The van der Waals surface area contributed by atoms with Gasteiger partial charge in [0.2, 0.25) is 5.88 Å². The molecule has 9 heteroatoms. The number of aromatic hydroxyl groups is 1. The van der Waals surface area contributed by atoms with E-state index in [0.29, 0.717) is 16.0 Å². The maximum absolute atomic E-state index is 12.2. The molecule has 0 saturated carbocycles. The van der Waals surface area contributed by atoms with Crippen LogP contribution in [0.4, 0.5) is 5.82 Å². The minimum Gasteiger partial charge on any atom is -0.493 e. The van der Waals surface area contributed by atoms with Crippen molar-refractivity contribution in [2.45, 2.75) is 6.92 Å². The van der Waals surface area contributed by atoms with Crippen molar-refractivity contribution in [3.8, 4) is 11.6 Å². The largest absolute Gasteiger partial charge is 0.493 e. The van der Waals surface area contributed by atoms with Crippen LogP contribution in [-0.4, -0.2) is 25.9 Å². The van der Waals surface area contributed by atoms with Gasteiger partial charge < -0.3 is 5.11 Å². The lowest BCUT2D eigenvalue weighted by atomic mass is 10.2. The van der Waals surface area contributed by atoms with Crippen LogP contribution in [0.25, 0.3) is 5.69 Å². The number of H-pyrrole nitrogens is 1. The van der Waals surface area contributed by atoms with Gasteiger partial charge in [0, 0.05) is 16.9 Å². The standard InChI is InChI=1S/C17H12Br2N4O3/c1-9-3-2-4-11(5-9)23-16(25)12(15(24)22-17(23)26)8-21-14-13(19)6-10(18)7-20-14/h2-8,25H,1H3,(H,22,24,26). The van der Waals surface area contributed by atoms with E-state index in [1.807, 2.05) is 13.0 Å². The summed E-state index contributed by atoms with van der Waals surface area (Å²) in [4.78, 5) is 34.7. The Morgan fingerprint density at radius 1 is 1.27 bits per heavy atom. The Labute approximate surface area is 164 Å². The van der Waals surface area contributed by atoms with Crippen LogP contribution in [0.3, 0.4) is 0 Å². The third-order valence-corrected chi connectivity index (χ3v) is 4.50. The number of hydrogen-bond donors (Lipinski definition) is 2. The van der Waals surface area contributed by atoms with Crippen LogP contribution in [0.5, 0.6) is 5.88 Å². The zero-order chi connectivity index (χ0) is 18.8. The molecule has 0 radical (unpaired) electrons. The predicted molar refractivity (Wildman–Crippen MR) is 106 cm³/mol. The van der Waals surface area contributed by atoms with Gasteiger partial charge in [-0.3, -0.25) is 9.78 Å². The minimum atomic E-state index is -0.742. The molecule has 0 aliphatic heterocycles. The normalized spacial score (nSPS) is 11.2. The number of aryl methyl sites for hydroxylation is 1. The number of hydrogen-bond acceptors (Lipinski definition) is 5. The van der Waals surface area contributed by atoms with Gasteiger partial charge in [-0.2, -0.15) is 0 Å². The van der Waals surface area contributed by atoms with Crippen molar-refractivity contribution in [1.29, 1.82) is 0 Å². The van der Waals surface area contributed by atoms with E-state index in [4.69, 9.17) is 0 Å². The molecule has 2 aromatic heterocycles. The Hall–Kier alpha value is -2.52. The zero-order valence-electron chi connectivity index (χ0n) is 13.4. The SMILES string of the molecule is Cc1cccc(-n2c(O)c(C=Nc3ncc(Br)cc3Br)c(=O)[nH]c2=O)c1. The topological polar surface area (TPSA) is 100 Å². The third-order valence-electron chi connectivity index (χ3n) is 3.49. The Morgan fingerprint density at radius 3 is 2.73 bits per heavy atom. The third kappa shape index (κ3) is 3.68. The number of halogens is 2. The first-order chi connectivity index (χ1) is 12.4. The highest BCUT2D eigenvalue weighted by molar-refractivity contribution is 9.11. The van der Waals surface area contributed by atoms with Crippen LogP contribution in [0.2, 0.25) is 0 Å². The second-order valence-electron chi connectivity index (χ2n) is 5.39. The van der Waals surface area contributed by atoms with E-state index in [2.05, 4.69) is 46.8 Å². The van der Waals surface area contributed by atoms with Gasteiger partial charge in [-0.15, -0.1) is 0 Å². The number of rotatable bonds is 3. The number of aromatic amines is 1. The Kier molecular flexibility index (Phi) is 5.19. The maximum Gasteiger partial charge on any atom is 0.335 e. The molecule has 3 aromatic rings. The molecule has 2 N–H and O–H groups in total. The molecule has 0 amide bonds. The van der Waals surface area contributed by atoms with Crippen molar-refractivity contribution in [3.63, 3.8) is 0 Å². The van der Waals surface area contributed by atoms with Crippen LogP contribution in [-0.2, 0) is 0 Å². The smallest absolute Gasteiger partial charge is 0.335 e. The van der Waals surface area contributed by atoms with E-state index in [-0.39, 0.29) is 5.56 Å². The number of aliphatic imine (C=N–C) groups is 1. The number of aromatic nitrogens is 3. The summed E-state index contributed by atoms with van der Waals surface area (Å²) in [6.45, 7) is 1.86. The fraction of sp³-hybridized carbons (Fsp3) is 0.0588. The molecule has 26 heavy (non-hydrogen) atoms. The summed E-state index contributed by atoms with van der Waals surface area (Å²) >= 11 is 6.61. The van der Waals surface area contributed by atoms with Gasteiger partial charge in [0.15, 0.2) is 5.82 Å². The highest BCUT2D eigenvalue weighted by Crippen LogP contribution is 2.26. The van der Waals surface area contributed by atoms with Crippen LogP contribution < -0.4 is 11.2 Å². The van der Waals surface area contributed by atoms with E-state index in [1.54, 1.807) is 30.5 Å². The monoisotopic (exact) mass is 478 g/mol. The molecular formula is C17H12Br2N4O3. The molecule has 2 heterocycles. The van der Waals surface area contributed by atoms with Crippen LogP contribution in [0.1, 0.15) is 11.1 Å². The van der Waals surface area contributed by atoms with Gasteiger partial charge in [-0.05, 0) is 62.5 Å². The van der Waals surface area contributed by atoms with E-state index in [0.717, 1.165) is 14.6 Å². The van der Waals surface area contributed by atoms with Gasteiger partial charge in [-0.1, -0.05) is 12.1 Å². The summed E-state index contributed by atoms with van der Waals surface area (Å²) in [6, 6.07) is 8.72. The summed E-state index contributed by atoms with van der Waals surface area (Å²) in [6.07, 6.45) is 2.72. The second kappa shape index (κ2) is 7.38. The Balaban J connectivity index is 2.14. The lowest BCUT2D eigenvalue weighted by Gasteiger charge is -2.10. The number of pyridine rings is 1. The fourth-order valence-corrected chi connectivity index (χ4v) is 3.38. The van der Waals surface area contributed by atoms with Crippen molar-refractivity contribution < 1.29 is 5.11 Å². The van der Waals surface area contributed by atoms with E-state index >= 15 is 0 Å². The van der Waals surface area contributed by atoms with E-state index in [9.17, 15) is 14.7 Å². The molecule has 0 spiro atoms. The molecular weight excluding hydrogens is 468 g/mol. The van der Waals surface area contributed by atoms with Crippen molar-refractivity contribution in [3.05, 3.63) is 77.4 Å². The average molecular weight is 480 g/mol. The molecule has 132 valence electrons. The first-order valence-corrected chi connectivity index (χ1v) is 8.96. The molecule has 0 aliphatic carbocycles. The predicted octanol–water partition coefficient (Wildman–Crippen LogP) is 3.21. The Bertz CT molecular complexity index is 1140. The van der Waals surface area contributed by atoms with Crippen molar-refractivity contribution in [1.82, 2.24) is 14.5 Å². The highest BCUT2D eigenvalue weighted by Gasteiger charge is 2.14. The number of nitrogens with zero attached hydrogens (tertiary/aromatic N) is 3. The van der Waals surface area contributed by atoms with Crippen molar-refractivity contribution in [2.75, 3.05) is 0 Å². The molecule has 0 fully saturated rings. The Morgan fingerprint density at radius 2 is 2.04 bits per heavy atom. The summed E-state index contributed by atoms with van der Waals surface area (Å²) in [5.74, 6) is -0.179. The van der Waals surface area contributed by atoms with Gasteiger partial charge in [-0.25, -0.2) is 19.3 Å². The zero-order valence-corrected chi connectivity index (χ0v) is 16.6.